The molecule has 1 aromatic heterocycles. The fourth-order valence-corrected chi connectivity index (χ4v) is 3.26. The molecular weight excluding hydrogens is 338 g/mol. The van der Waals surface area contributed by atoms with Gasteiger partial charge in [0, 0.05) is 22.7 Å². The summed E-state index contributed by atoms with van der Waals surface area (Å²) >= 11 is 0. The van der Waals surface area contributed by atoms with Crippen molar-refractivity contribution in [2.75, 3.05) is 0 Å². The average molecular weight is 355 g/mol. The van der Waals surface area contributed by atoms with Gasteiger partial charge in [-0.2, -0.15) is 0 Å². The third-order valence-corrected chi connectivity index (χ3v) is 4.53. The normalized spacial score (nSPS) is 15.4. The van der Waals surface area contributed by atoms with Gasteiger partial charge in [-0.3, -0.25) is 9.69 Å². The lowest BCUT2D eigenvalue weighted by atomic mass is 10.1. The van der Waals surface area contributed by atoms with E-state index in [0.717, 1.165) is 22.0 Å². The van der Waals surface area contributed by atoms with Gasteiger partial charge in [0.05, 0.1) is 13.1 Å². The molecule has 0 unspecified atom stereocenters. The summed E-state index contributed by atoms with van der Waals surface area (Å²) in [6, 6.07) is 16.8. The van der Waals surface area contributed by atoms with Gasteiger partial charge in [-0.1, -0.05) is 54.5 Å². The maximum Gasteiger partial charge on any atom is 0.329 e. The molecule has 1 aliphatic heterocycles. The van der Waals surface area contributed by atoms with E-state index in [1.54, 1.807) is 6.08 Å². The summed E-state index contributed by atoms with van der Waals surface area (Å²) < 4.78 is 1.95. The quantitative estimate of drug-likeness (QED) is 0.443. The molecule has 132 valence electrons. The van der Waals surface area contributed by atoms with E-state index in [1.165, 1.54) is 4.90 Å². The summed E-state index contributed by atoms with van der Waals surface area (Å²) in [5.41, 5.74) is 2.98. The molecule has 0 spiro atoms. The van der Waals surface area contributed by atoms with Crippen molar-refractivity contribution >= 4 is 28.9 Å². The highest BCUT2D eigenvalue weighted by molar-refractivity contribution is 6.14. The van der Waals surface area contributed by atoms with Crippen LogP contribution < -0.4 is 5.32 Å². The van der Waals surface area contributed by atoms with E-state index >= 15 is 0 Å². The van der Waals surface area contributed by atoms with Crippen LogP contribution in [0.3, 0.4) is 0 Å². The van der Waals surface area contributed by atoms with E-state index in [1.807, 2.05) is 65.4 Å². The molecule has 1 N–H and O–H groups in total. The Morgan fingerprint density at radius 3 is 2.56 bits per heavy atom. The van der Waals surface area contributed by atoms with Crippen LogP contribution in [0.4, 0.5) is 4.79 Å². The van der Waals surface area contributed by atoms with Crippen molar-refractivity contribution in [2.24, 2.45) is 0 Å². The lowest BCUT2D eigenvalue weighted by molar-refractivity contribution is -0.123. The molecule has 1 fully saturated rings. The molecular formula is C22H17N3O2. The maximum atomic E-state index is 12.7. The lowest BCUT2D eigenvalue weighted by Gasteiger charge is -2.11. The third kappa shape index (κ3) is 3.09. The van der Waals surface area contributed by atoms with E-state index in [4.69, 9.17) is 6.42 Å². The fourth-order valence-electron chi connectivity index (χ4n) is 3.26. The van der Waals surface area contributed by atoms with Crippen molar-refractivity contribution in [1.82, 2.24) is 14.8 Å². The van der Waals surface area contributed by atoms with E-state index in [9.17, 15) is 9.59 Å². The van der Waals surface area contributed by atoms with Crippen molar-refractivity contribution in [2.45, 2.75) is 13.1 Å². The van der Waals surface area contributed by atoms with Crippen molar-refractivity contribution in [1.29, 1.82) is 0 Å². The minimum Gasteiger partial charge on any atom is -0.335 e. The van der Waals surface area contributed by atoms with E-state index in [2.05, 4.69) is 11.2 Å². The Bertz CT molecular complexity index is 1100. The number of hydrogen-bond donors (Lipinski definition) is 1. The minimum atomic E-state index is -0.414. The molecule has 1 saturated heterocycles. The number of fused-ring (bicyclic) bond motifs is 1. The van der Waals surface area contributed by atoms with Crippen LogP contribution in [0.15, 0.2) is 66.5 Å². The molecule has 0 radical (unpaired) electrons. The lowest BCUT2D eigenvalue weighted by Crippen LogP contribution is -2.30. The van der Waals surface area contributed by atoms with Crippen LogP contribution in [0.25, 0.3) is 17.0 Å². The topological polar surface area (TPSA) is 54.3 Å². The van der Waals surface area contributed by atoms with Gasteiger partial charge >= 0.3 is 6.03 Å². The summed E-state index contributed by atoms with van der Waals surface area (Å²) in [5.74, 6) is 2.30. The number of amides is 3. The zero-order valence-electron chi connectivity index (χ0n) is 14.6. The second-order valence-electron chi connectivity index (χ2n) is 6.30. The number of imide groups is 1. The summed E-state index contributed by atoms with van der Waals surface area (Å²) in [7, 11) is 0. The highest BCUT2D eigenvalue weighted by Gasteiger charge is 2.33. The third-order valence-electron chi connectivity index (χ3n) is 4.53. The minimum absolute atomic E-state index is 0.238. The van der Waals surface area contributed by atoms with Crippen LogP contribution in [0.1, 0.15) is 11.1 Å². The van der Waals surface area contributed by atoms with Gasteiger partial charge in [0.15, 0.2) is 0 Å². The number of carbonyl (C=O) groups excluding carboxylic acids is 2. The van der Waals surface area contributed by atoms with Crippen LogP contribution in [-0.2, 0) is 17.9 Å². The SMILES string of the molecule is C#CCn1cc(/C=C2/NC(=O)N(Cc3ccccc3)C2=O)c2ccccc21. The van der Waals surface area contributed by atoms with Crippen LogP contribution in [0, 0.1) is 12.3 Å². The zero-order chi connectivity index (χ0) is 18.8. The number of urea groups is 1. The van der Waals surface area contributed by atoms with Gasteiger partial charge in [-0.05, 0) is 17.7 Å². The number of nitrogens with one attached hydrogen (secondary N) is 1. The van der Waals surface area contributed by atoms with Gasteiger partial charge < -0.3 is 9.88 Å². The highest BCUT2D eigenvalue weighted by atomic mass is 16.2. The molecule has 0 saturated carbocycles. The number of nitrogens with zero attached hydrogens (tertiary/aromatic N) is 2. The Balaban J connectivity index is 1.67. The largest absolute Gasteiger partial charge is 0.335 e. The molecule has 0 atom stereocenters. The monoisotopic (exact) mass is 355 g/mol. The number of benzene rings is 2. The van der Waals surface area contributed by atoms with Crippen molar-refractivity contribution in [3.63, 3.8) is 0 Å². The Morgan fingerprint density at radius 1 is 1.04 bits per heavy atom. The maximum absolute atomic E-state index is 12.7. The summed E-state index contributed by atoms with van der Waals surface area (Å²) in [5, 5.41) is 3.65. The molecule has 3 aromatic rings. The average Bonchev–Trinajstić information content (AvgIpc) is 3.16. The Labute approximate surface area is 156 Å². The number of para-hydroxylation sites is 1. The second kappa shape index (κ2) is 6.85. The fraction of sp³-hybridized carbons (Fsp3) is 0.0909. The Kier molecular flexibility index (Phi) is 4.23. The number of aromatic nitrogens is 1. The van der Waals surface area contributed by atoms with Crippen LogP contribution in [0.5, 0.6) is 0 Å². The van der Waals surface area contributed by atoms with Gasteiger partial charge in [0.1, 0.15) is 5.70 Å². The van der Waals surface area contributed by atoms with E-state index in [-0.39, 0.29) is 18.1 Å². The molecule has 0 aliphatic carbocycles. The van der Waals surface area contributed by atoms with Gasteiger partial charge in [-0.15, -0.1) is 6.42 Å². The van der Waals surface area contributed by atoms with Gasteiger partial charge in [-0.25, -0.2) is 4.79 Å². The molecule has 0 bridgehead atoms. The number of carbonyl (C=O) groups is 2. The summed E-state index contributed by atoms with van der Waals surface area (Å²) in [6.07, 6.45) is 9.06. The molecule has 2 heterocycles. The Hall–Kier alpha value is -3.78. The van der Waals surface area contributed by atoms with E-state index in [0.29, 0.717) is 6.54 Å². The Morgan fingerprint density at radius 2 is 1.78 bits per heavy atom. The van der Waals surface area contributed by atoms with Crippen LogP contribution in [-0.4, -0.2) is 21.4 Å². The second-order valence-corrected chi connectivity index (χ2v) is 6.30. The predicted molar refractivity (Wildman–Crippen MR) is 104 cm³/mol. The van der Waals surface area contributed by atoms with Crippen molar-refractivity contribution in [3.8, 4) is 12.3 Å². The molecule has 27 heavy (non-hydrogen) atoms. The first-order valence-corrected chi connectivity index (χ1v) is 8.57. The first-order chi connectivity index (χ1) is 13.2. The molecule has 4 rings (SSSR count). The van der Waals surface area contributed by atoms with Crippen molar-refractivity contribution < 1.29 is 9.59 Å². The number of rotatable bonds is 4. The standard InChI is InChI=1S/C22H17N3O2/c1-2-12-24-15-17(18-10-6-7-11-20(18)24)13-19-21(26)25(22(27)23-19)14-16-8-4-3-5-9-16/h1,3-11,13,15H,12,14H2,(H,23,27)/b19-13+. The number of terminal acetylenes is 1. The first-order valence-electron chi connectivity index (χ1n) is 8.57. The van der Waals surface area contributed by atoms with E-state index < -0.39 is 6.03 Å². The van der Waals surface area contributed by atoms with Crippen LogP contribution in [0.2, 0.25) is 0 Å². The van der Waals surface area contributed by atoms with Gasteiger partial charge in [0.25, 0.3) is 5.91 Å². The molecule has 5 heteroatoms. The highest BCUT2D eigenvalue weighted by Crippen LogP contribution is 2.25. The van der Waals surface area contributed by atoms with Crippen LogP contribution >= 0.6 is 0 Å². The molecule has 1 aliphatic rings. The molecule has 2 aromatic carbocycles. The zero-order valence-corrected chi connectivity index (χ0v) is 14.6. The smallest absolute Gasteiger partial charge is 0.329 e. The molecule has 5 nitrogen and oxygen atoms in total. The molecule has 3 amide bonds. The number of hydrogen-bond acceptors (Lipinski definition) is 2. The van der Waals surface area contributed by atoms with Crippen molar-refractivity contribution in [3.05, 3.63) is 77.6 Å². The summed E-state index contributed by atoms with van der Waals surface area (Å²) in [4.78, 5) is 26.2. The predicted octanol–water partition coefficient (Wildman–Crippen LogP) is 3.37. The summed E-state index contributed by atoms with van der Waals surface area (Å²) in [6.45, 7) is 0.672. The first kappa shape index (κ1) is 16.7. The van der Waals surface area contributed by atoms with Gasteiger partial charge in [0.2, 0.25) is 0 Å².